The standard InChI is InChI=1S/C14H15N3O4/c1-8-12(5-4-6-13(8)17(19)20)15-14(18)7-11-9(2)16-21-10(11)3/h4-6H,7H2,1-3H3,(H,15,18). The summed E-state index contributed by atoms with van der Waals surface area (Å²) in [6.07, 6.45) is 0.114. The lowest BCUT2D eigenvalue weighted by Crippen LogP contribution is -2.16. The van der Waals surface area contributed by atoms with Gasteiger partial charge in [-0.3, -0.25) is 14.9 Å². The lowest BCUT2D eigenvalue weighted by atomic mass is 10.1. The molecule has 0 radical (unpaired) electrons. The van der Waals surface area contributed by atoms with Gasteiger partial charge in [0.05, 0.1) is 28.3 Å². The SMILES string of the molecule is Cc1noc(C)c1CC(=O)Nc1cccc([N+](=O)[O-])c1C. The lowest BCUT2D eigenvalue weighted by molar-refractivity contribution is -0.385. The number of hydrogen-bond acceptors (Lipinski definition) is 5. The Morgan fingerprint density at radius 1 is 1.38 bits per heavy atom. The van der Waals surface area contributed by atoms with Crippen LogP contribution in [0.3, 0.4) is 0 Å². The first kappa shape index (κ1) is 14.7. The Morgan fingerprint density at radius 3 is 2.67 bits per heavy atom. The number of nitrogens with zero attached hydrogens (tertiary/aromatic N) is 2. The average Bonchev–Trinajstić information content (AvgIpc) is 2.72. The van der Waals surface area contributed by atoms with E-state index in [1.54, 1.807) is 26.8 Å². The van der Waals surface area contributed by atoms with Crippen molar-refractivity contribution in [2.45, 2.75) is 27.2 Å². The van der Waals surface area contributed by atoms with Crippen LogP contribution in [0.2, 0.25) is 0 Å². The molecule has 2 aromatic rings. The fourth-order valence-corrected chi connectivity index (χ4v) is 2.07. The fourth-order valence-electron chi connectivity index (χ4n) is 2.07. The fraction of sp³-hybridized carbons (Fsp3) is 0.286. The van der Waals surface area contributed by atoms with E-state index < -0.39 is 4.92 Å². The van der Waals surface area contributed by atoms with E-state index in [9.17, 15) is 14.9 Å². The van der Waals surface area contributed by atoms with E-state index in [4.69, 9.17) is 4.52 Å². The number of carbonyl (C=O) groups excluding carboxylic acids is 1. The third-order valence-electron chi connectivity index (χ3n) is 3.29. The largest absolute Gasteiger partial charge is 0.361 e. The molecule has 0 aliphatic rings. The zero-order chi connectivity index (χ0) is 15.6. The molecule has 0 bridgehead atoms. The summed E-state index contributed by atoms with van der Waals surface area (Å²) >= 11 is 0. The molecule has 0 aliphatic heterocycles. The summed E-state index contributed by atoms with van der Waals surface area (Å²) in [5.41, 5.74) is 2.23. The van der Waals surface area contributed by atoms with E-state index in [0.717, 1.165) is 5.56 Å². The Bertz CT molecular complexity index is 687. The van der Waals surface area contributed by atoms with E-state index in [2.05, 4.69) is 10.5 Å². The van der Waals surface area contributed by atoms with Crippen molar-refractivity contribution in [1.29, 1.82) is 0 Å². The van der Waals surface area contributed by atoms with Crippen LogP contribution in [0.25, 0.3) is 0 Å². The topological polar surface area (TPSA) is 98.3 Å². The lowest BCUT2D eigenvalue weighted by Gasteiger charge is -2.08. The Labute approximate surface area is 121 Å². The number of aromatic nitrogens is 1. The van der Waals surface area contributed by atoms with E-state index >= 15 is 0 Å². The molecule has 1 aromatic heterocycles. The third-order valence-corrected chi connectivity index (χ3v) is 3.29. The molecular formula is C14H15N3O4. The molecule has 2 rings (SSSR count). The van der Waals surface area contributed by atoms with Crippen molar-refractivity contribution in [2.24, 2.45) is 0 Å². The third kappa shape index (κ3) is 3.07. The molecule has 7 heteroatoms. The van der Waals surface area contributed by atoms with Gasteiger partial charge < -0.3 is 9.84 Å². The Balaban J connectivity index is 2.17. The molecule has 0 spiro atoms. The number of anilines is 1. The molecule has 1 N–H and O–H groups in total. The van der Waals surface area contributed by atoms with Gasteiger partial charge in [-0.25, -0.2) is 0 Å². The van der Waals surface area contributed by atoms with Crippen LogP contribution < -0.4 is 5.32 Å². The van der Waals surface area contributed by atoms with Gasteiger partial charge >= 0.3 is 0 Å². The second-order valence-electron chi connectivity index (χ2n) is 4.73. The van der Waals surface area contributed by atoms with Crippen molar-refractivity contribution < 1.29 is 14.2 Å². The number of nitro groups is 1. The number of carbonyl (C=O) groups is 1. The molecule has 1 heterocycles. The summed E-state index contributed by atoms with van der Waals surface area (Å²) in [6, 6.07) is 4.57. The zero-order valence-electron chi connectivity index (χ0n) is 12.0. The van der Waals surface area contributed by atoms with Crippen molar-refractivity contribution >= 4 is 17.3 Å². The van der Waals surface area contributed by atoms with Gasteiger partial charge in [-0.1, -0.05) is 11.2 Å². The number of nitro benzene ring substituents is 1. The van der Waals surface area contributed by atoms with Crippen LogP contribution in [0, 0.1) is 30.9 Å². The first-order valence-corrected chi connectivity index (χ1v) is 6.35. The predicted molar refractivity (Wildman–Crippen MR) is 76.1 cm³/mol. The van der Waals surface area contributed by atoms with Gasteiger partial charge in [0.15, 0.2) is 0 Å². The quantitative estimate of drug-likeness (QED) is 0.689. The van der Waals surface area contributed by atoms with E-state index in [0.29, 0.717) is 22.7 Å². The Kier molecular flexibility index (Phi) is 4.02. The number of rotatable bonds is 4. The molecular weight excluding hydrogens is 274 g/mol. The Hall–Kier alpha value is -2.70. The molecule has 0 fully saturated rings. The van der Waals surface area contributed by atoms with Crippen LogP contribution in [-0.2, 0) is 11.2 Å². The average molecular weight is 289 g/mol. The minimum absolute atomic E-state index is 0.0230. The van der Waals surface area contributed by atoms with Crippen molar-refractivity contribution in [1.82, 2.24) is 5.16 Å². The smallest absolute Gasteiger partial charge is 0.274 e. The van der Waals surface area contributed by atoms with Gasteiger partial charge in [0.2, 0.25) is 5.91 Å². The summed E-state index contributed by atoms with van der Waals surface area (Å²) in [7, 11) is 0. The summed E-state index contributed by atoms with van der Waals surface area (Å²) in [5.74, 6) is 0.325. The highest BCUT2D eigenvalue weighted by Gasteiger charge is 2.17. The minimum atomic E-state index is -0.473. The monoisotopic (exact) mass is 289 g/mol. The normalized spacial score (nSPS) is 10.4. The van der Waals surface area contributed by atoms with Crippen LogP contribution in [0.1, 0.15) is 22.6 Å². The number of aryl methyl sites for hydroxylation is 2. The van der Waals surface area contributed by atoms with E-state index in [1.165, 1.54) is 12.1 Å². The van der Waals surface area contributed by atoms with Crippen LogP contribution in [-0.4, -0.2) is 16.0 Å². The molecule has 0 saturated heterocycles. The first-order valence-electron chi connectivity index (χ1n) is 6.35. The minimum Gasteiger partial charge on any atom is -0.361 e. The number of nitrogens with one attached hydrogen (secondary N) is 1. The summed E-state index contributed by atoms with van der Waals surface area (Å²) in [4.78, 5) is 22.5. The molecule has 0 unspecified atom stereocenters. The summed E-state index contributed by atoms with van der Waals surface area (Å²) in [6.45, 7) is 5.10. The Morgan fingerprint density at radius 2 is 2.10 bits per heavy atom. The van der Waals surface area contributed by atoms with Gasteiger partial charge in [0, 0.05) is 11.6 Å². The van der Waals surface area contributed by atoms with Crippen molar-refractivity contribution in [3.8, 4) is 0 Å². The highest BCUT2D eigenvalue weighted by molar-refractivity contribution is 5.93. The maximum absolute atomic E-state index is 12.1. The summed E-state index contributed by atoms with van der Waals surface area (Å²) in [5, 5.41) is 17.3. The molecule has 1 amide bonds. The van der Waals surface area contributed by atoms with Gasteiger partial charge in [0.1, 0.15) is 5.76 Å². The predicted octanol–water partition coefficient (Wildman–Crippen LogP) is 2.69. The maximum Gasteiger partial charge on any atom is 0.274 e. The van der Waals surface area contributed by atoms with Crippen LogP contribution in [0.5, 0.6) is 0 Å². The van der Waals surface area contributed by atoms with Crippen LogP contribution in [0.4, 0.5) is 11.4 Å². The number of benzene rings is 1. The van der Waals surface area contributed by atoms with Crippen LogP contribution >= 0.6 is 0 Å². The molecule has 7 nitrogen and oxygen atoms in total. The second kappa shape index (κ2) is 5.74. The molecule has 110 valence electrons. The van der Waals surface area contributed by atoms with Gasteiger partial charge in [-0.05, 0) is 26.8 Å². The molecule has 0 aliphatic carbocycles. The van der Waals surface area contributed by atoms with Gasteiger partial charge in [-0.15, -0.1) is 0 Å². The first-order chi connectivity index (χ1) is 9.90. The van der Waals surface area contributed by atoms with Gasteiger partial charge in [0.25, 0.3) is 5.69 Å². The second-order valence-corrected chi connectivity index (χ2v) is 4.73. The zero-order valence-corrected chi connectivity index (χ0v) is 12.0. The molecule has 1 aromatic carbocycles. The number of hydrogen-bond donors (Lipinski definition) is 1. The maximum atomic E-state index is 12.1. The molecule has 21 heavy (non-hydrogen) atoms. The number of amides is 1. The van der Waals surface area contributed by atoms with Crippen molar-refractivity contribution in [2.75, 3.05) is 5.32 Å². The van der Waals surface area contributed by atoms with Crippen LogP contribution in [0.15, 0.2) is 22.7 Å². The van der Waals surface area contributed by atoms with Crippen molar-refractivity contribution in [3.63, 3.8) is 0 Å². The van der Waals surface area contributed by atoms with E-state index in [1.807, 2.05) is 0 Å². The van der Waals surface area contributed by atoms with Gasteiger partial charge in [-0.2, -0.15) is 0 Å². The molecule has 0 saturated carbocycles. The highest BCUT2D eigenvalue weighted by Crippen LogP contribution is 2.25. The molecule has 0 atom stereocenters. The highest BCUT2D eigenvalue weighted by atomic mass is 16.6. The van der Waals surface area contributed by atoms with E-state index in [-0.39, 0.29) is 18.0 Å². The summed E-state index contributed by atoms with van der Waals surface area (Å²) < 4.78 is 5.00. The van der Waals surface area contributed by atoms with Crippen molar-refractivity contribution in [3.05, 3.63) is 50.9 Å².